The van der Waals surface area contributed by atoms with Crippen LogP contribution in [0.15, 0.2) is 12.1 Å². The van der Waals surface area contributed by atoms with Crippen molar-refractivity contribution in [2.45, 2.75) is 50.3 Å². The molecular formula is C15H24N4OS. The highest BCUT2D eigenvalue weighted by Gasteiger charge is 2.28. The molecule has 5 nitrogen and oxygen atoms in total. The van der Waals surface area contributed by atoms with Gasteiger partial charge >= 0.3 is 0 Å². The van der Waals surface area contributed by atoms with Crippen LogP contribution in [-0.4, -0.2) is 28.4 Å². The Kier molecular flexibility index (Phi) is 5.87. The summed E-state index contributed by atoms with van der Waals surface area (Å²) >= 11 is 1.84. The van der Waals surface area contributed by atoms with E-state index >= 15 is 0 Å². The average Bonchev–Trinajstić information content (AvgIpc) is 2.94. The molecule has 1 aromatic rings. The second-order valence-electron chi connectivity index (χ2n) is 5.41. The first-order valence-electron chi connectivity index (χ1n) is 7.49. The van der Waals surface area contributed by atoms with Crippen LogP contribution in [0.25, 0.3) is 0 Å². The van der Waals surface area contributed by atoms with Crippen LogP contribution >= 0.6 is 11.8 Å². The van der Waals surface area contributed by atoms with Crippen molar-refractivity contribution in [3.05, 3.63) is 23.4 Å². The Morgan fingerprint density at radius 1 is 1.48 bits per heavy atom. The molecule has 1 heterocycles. The second kappa shape index (κ2) is 7.66. The van der Waals surface area contributed by atoms with Crippen LogP contribution in [0.2, 0.25) is 0 Å². The smallest absolute Gasteiger partial charge is 0.251 e. The predicted octanol–water partition coefficient (Wildman–Crippen LogP) is 2.33. The zero-order valence-corrected chi connectivity index (χ0v) is 13.5. The van der Waals surface area contributed by atoms with E-state index in [-0.39, 0.29) is 11.9 Å². The highest BCUT2D eigenvalue weighted by Crippen LogP contribution is 2.28. The fourth-order valence-corrected chi connectivity index (χ4v) is 3.74. The Morgan fingerprint density at radius 2 is 2.29 bits per heavy atom. The number of nitrogens with one attached hydrogen (secondary N) is 2. The molecule has 1 saturated carbocycles. The zero-order valence-electron chi connectivity index (χ0n) is 12.7. The molecule has 6 heteroatoms. The van der Waals surface area contributed by atoms with Gasteiger partial charge in [-0.2, -0.15) is 11.8 Å². The SMILES string of the molecule is CCCc1cc(C(=O)NC2CCCC2SC)cc(NN)n1. The van der Waals surface area contributed by atoms with E-state index in [9.17, 15) is 4.79 Å². The van der Waals surface area contributed by atoms with Crippen molar-refractivity contribution in [2.75, 3.05) is 11.7 Å². The molecule has 2 rings (SSSR count). The van der Waals surface area contributed by atoms with E-state index in [1.807, 2.05) is 17.8 Å². The number of hydrogen-bond donors (Lipinski definition) is 3. The maximum atomic E-state index is 12.5. The molecule has 116 valence electrons. The van der Waals surface area contributed by atoms with Gasteiger partial charge in [-0.15, -0.1) is 0 Å². The van der Waals surface area contributed by atoms with Crippen LogP contribution in [0.4, 0.5) is 5.82 Å². The number of nitrogen functional groups attached to an aromatic ring is 1. The molecular weight excluding hydrogens is 284 g/mol. The first-order valence-corrected chi connectivity index (χ1v) is 8.78. The number of nitrogens with two attached hydrogens (primary N) is 1. The summed E-state index contributed by atoms with van der Waals surface area (Å²) in [6.45, 7) is 2.09. The third kappa shape index (κ3) is 4.11. The Labute approximate surface area is 130 Å². The molecule has 0 aromatic carbocycles. The largest absolute Gasteiger partial charge is 0.348 e. The molecule has 1 fully saturated rings. The maximum absolute atomic E-state index is 12.5. The van der Waals surface area contributed by atoms with E-state index in [2.05, 4.69) is 28.9 Å². The van der Waals surface area contributed by atoms with Crippen molar-refractivity contribution in [2.24, 2.45) is 5.84 Å². The molecule has 0 bridgehead atoms. The molecule has 0 radical (unpaired) electrons. The van der Waals surface area contributed by atoms with E-state index in [1.54, 1.807) is 6.07 Å². The number of anilines is 1. The van der Waals surface area contributed by atoms with Crippen LogP contribution in [0.1, 0.15) is 48.7 Å². The lowest BCUT2D eigenvalue weighted by atomic mass is 10.1. The normalized spacial score (nSPS) is 21.3. The van der Waals surface area contributed by atoms with Crippen molar-refractivity contribution in [1.82, 2.24) is 10.3 Å². The number of amides is 1. The summed E-state index contributed by atoms with van der Waals surface area (Å²) in [6.07, 6.45) is 7.36. The summed E-state index contributed by atoms with van der Waals surface area (Å²) in [5.74, 6) is 5.95. The van der Waals surface area contributed by atoms with Crippen molar-refractivity contribution in [3.8, 4) is 0 Å². The van der Waals surface area contributed by atoms with Gasteiger partial charge in [-0.1, -0.05) is 19.8 Å². The molecule has 1 amide bonds. The number of rotatable bonds is 6. The monoisotopic (exact) mass is 308 g/mol. The first kappa shape index (κ1) is 16.1. The molecule has 1 aromatic heterocycles. The van der Waals surface area contributed by atoms with Crippen molar-refractivity contribution in [3.63, 3.8) is 0 Å². The minimum atomic E-state index is -0.0304. The van der Waals surface area contributed by atoms with E-state index in [1.165, 1.54) is 12.8 Å². The Hall–Kier alpha value is -1.27. The van der Waals surface area contributed by atoms with Crippen LogP contribution in [-0.2, 0) is 6.42 Å². The summed E-state index contributed by atoms with van der Waals surface area (Å²) in [5.41, 5.74) is 4.07. The summed E-state index contributed by atoms with van der Waals surface area (Å²) in [5, 5.41) is 3.69. The summed E-state index contributed by atoms with van der Waals surface area (Å²) in [7, 11) is 0. The van der Waals surface area contributed by atoms with Crippen molar-refractivity contribution < 1.29 is 4.79 Å². The Bertz CT molecular complexity index is 495. The van der Waals surface area contributed by atoms with Gasteiger partial charge in [-0.05, 0) is 37.7 Å². The molecule has 2 unspecified atom stereocenters. The molecule has 4 N–H and O–H groups in total. The molecule has 1 aliphatic carbocycles. The van der Waals surface area contributed by atoms with Gasteiger partial charge in [0.2, 0.25) is 0 Å². The summed E-state index contributed by atoms with van der Waals surface area (Å²) < 4.78 is 0. The first-order chi connectivity index (χ1) is 10.2. The molecule has 0 aliphatic heterocycles. The van der Waals surface area contributed by atoms with E-state index < -0.39 is 0 Å². The third-order valence-electron chi connectivity index (χ3n) is 3.87. The minimum Gasteiger partial charge on any atom is -0.348 e. The third-order valence-corrected chi connectivity index (χ3v) is 5.04. The number of aromatic nitrogens is 1. The lowest BCUT2D eigenvalue weighted by molar-refractivity contribution is 0.0938. The maximum Gasteiger partial charge on any atom is 0.251 e. The van der Waals surface area contributed by atoms with Crippen LogP contribution < -0.4 is 16.6 Å². The van der Waals surface area contributed by atoms with Gasteiger partial charge in [0.05, 0.1) is 0 Å². The van der Waals surface area contributed by atoms with Gasteiger partial charge in [0.15, 0.2) is 0 Å². The summed E-state index contributed by atoms with van der Waals surface area (Å²) in [6, 6.07) is 3.84. The number of carbonyl (C=O) groups excluding carboxylic acids is 1. The van der Waals surface area contributed by atoms with Crippen molar-refractivity contribution in [1.29, 1.82) is 0 Å². The Morgan fingerprint density at radius 3 is 2.95 bits per heavy atom. The van der Waals surface area contributed by atoms with Gasteiger partial charge in [-0.3, -0.25) is 4.79 Å². The van der Waals surface area contributed by atoms with E-state index in [0.29, 0.717) is 16.6 Å². The number of carbonyl (C=O) groups is 1. The van der Waals surface area contributed by atoms with Crippen molar-refractivity contribution >= 4 is 23.5 Å². The number of pyridine rings is 1. The molecule has 0 spiro atoms. The zero-order chi connectivity index (χ0) is 15.2. The topological polar surface area (TPSA) is 80.0 Å². The number of aryl methyl sites for hydroxylation is 1. The van der Waals surface area contributed by atoms with E-state index in [4.69, 9.17) is 5.84 Å². The average molecular weight is 308 g/mol. The summed E-state index contributed by atoms with van der Waals surface area (Å²) in [4.78, 5) is 16.8. The van der Waals surface area contributed by atoms with Gasteiger partial charge in [-0.25, -0.2) is 10.8 Å². The standard InChI is InChI=1S/C15H24N4OS/c1-3-5-11-8-10(9-14(17-11)19-16)15(20)18-12-6-4-7-13(12)21-2/h8-9,12-13H,3-7,16H2,1-2H3,(H,17,19)(H,18,20). The number of nitrogens with zero attached hydrogens (tertiary/aromatic N) is 1. The fraction of sp³-hybridized carbons (Fsp3) is 0.600. The lowest BCUT2D eigenvalue weighted by Gasteiger charge is -2.19. The van der Waals surface area contributed by atoms with Gasteiger partial charge in [0.25, 0.3) is 5.91 Å². The quantitative estimate of drug-likeness (QED) is 0.555. The van der Waals surface area contributed by atoms with Crippen LogP contribution in [0.5, 0.6) is 0 Å². The Balaban J connectivity index is 2.12. The molecule has 21 heavy (non-hydrogen) atoms. The number of hydrazine groups is 1. The minimum absolute atomic E-state index is 0.0304. The molecule has 1 aliphatic rings. The number of thioether (sulfide) groups is 1. The molecule has 2 atom stereocenters. The predicted molar refractivity (Wildman–Crippen MR) is 88.5 cm³/mol. The second-order valence-corrected chi connectivity index (χ2v) is 6.49. The van der Waals surface area contributed by atoms with Gasteiger partial charge < -0.3 is 10.7 Å². The number of hydrogen-bond acceptors (Lipinski definition) is 5. The van der Waals surface area contributed by atoms with Gasteiger partial charge in [0, 0.05) is 22.5 Å². The fourth-order valence-electron chi connectivity index (χ4n) is 2.80. The lowest BCUT2D eigenvalue weighted by Crippen LogP contribution is -2.38. The van der Waals surface area contributed by atoms with E-state index in [0.717, 1.165) is 25.0 Å². The van der Waals surface area contributed by atoms with Crippen LogP contribution in [0.3, 0.4) is 0 Å². The molecule has 0 saturated heterocycles. The van der Waals surface area contributed by atoms with Gasteiger partial charge in [0.1, 0.15) is 5.82 Å². The van der Waals surface area contributed by atoms with Crippen LogP contribution in [0, 0.1) is 0 Å². The highest BCUT2D eigenvalue weighted by atomic mass is 32.2. The highest BCUT2D eigenvalue weighted by molar-refractivity contribution is 7.99.